The Morgan fingerprint density at radius 2 is 1.94 bits per heavy atom. The molecule has 0 aliphatic heterocycles. The number of amides is 1. The third kappa shape index (κ3) is 2.11. The number of rotatable bonds is 1. The predicted octanol–water partition coefficient (Wildman–Crippen LogP) is 2.19. The molecule has 84 valence electrons. The Bertz CT molecular complexity index is 537. The van der Waals surface area contributed by atoms with Crippen LogP contribution in [0.15, 0.2) is 18.2 Å². The Balaban J connectivity index is 2.24. The summed E-state index contributed by atoms with van der Waals surface area (Å²) in [6.45, 7) is 0. The van der Waals surface area contributed by atoms with Crippen molar-refractivity contribution in [2.45, 2.75) is 6.18 Å². The maximum absolute atomic E-state index is 12.0. The molecule has 4 nitrogen and oxygen atoms in total. The van der Waals surface area contributed by atoms with Gasteiger partial charge >= 0.3 is 12.1 Å². The first-order valence-corrected chi connectivity index (χ1v) is 4.80. The van der Waals surface area contributed by atoms with Crippen LogP contribution in [-0.2, 0) is 4.79 Å². The van der Waals surface area contributed by atoms with E-state index in [2.05, 4.69) is 8.75 Å². The van der Waals surface area contributed by atoms with E-state index in [9.17, 15) is 18.0 Å². The molecule has 0 aliphatic rings. The third-order valence-corrected chi connectivity index (χ3v) is 2.33. The number of hydrogen-bond donors (Lipinski definition) is 1. The lowest BCUT2D eigenvalue weighted by Gasteiger charge is -2.07. The van der Waals surface area contributed by atoms with Gasteiger partial charge in [0.1, 0.15) is 11.0 Å². The Labute approximate surface area is 91.4 Å². The quantitative estimate of drug-likeness (QED) is 0.840. The van der Waals surface area contributed by atoms with Gasteiger partial charge in [0.15, 0.2) is 0 Å². The topological polar surface area (TPSA) is 54.9 Å². The molecular weight excluding hydrogens is 243 g/mol. The van der Waals surface area contributed by atoms with Gasteiger partial charge in [-0.1, -0.05) is 0 Å². The van der Waals surface area contributed by atoms with E-state index in [0.717, 1.165) is 11.7 Å². The summed E-state index contributed by atoms with van der Waals surface area (Å²) >= 11 is 0.951. The number of aromatic nitrogens is 2. The van der Waals surface area contributed by atoms with Gasteiger partial charge in [-0.05, 0) is 18.2 Å². The standard InChI is InChI=1S/C8H4F3N3OS/c9-8(10,11)7(15)12-4-1-2-5-6(3-4)14-16-13-5/h1-3H,(H,12,15). The van der Waals surface area contributed by atoms with Crippen LogP contribution in [0.3, 0.4) is 0 Å². The molecule has 1 N–H and O–H groups in total. The van der Waals surface area contributed by atoms with Gasteiger partial charge < -0.3 is 5.32 Å². The van der Waals surface area contributed by atoms with Gasteiger partial charge in [-0.25, -0.2) is 0 Å². The first-order valence-electron chi connectivity index (χ1n) is 4.07. The smallest absolute Gasteiger partial charge is 0.318 e. The molecule has 0 atom stereocenters. The third-order valence-electron chi connectivity index (χ3n) is 1.77. The zero-order chi connectivity index (χ0) is 11.8. The molecule has 2 rings (SSSR count). The van der Waals surface area contributed by atoms with E-state index < -0.39 is 12.1 Å². The van der Waals surface area contributed by atoms with E-state index in [-0.39, 0.29) is 5.69 Å². The van der Waals surface area contributed by atoms with Crippen LogP contribution in [0.25, 0.3) is 11.0 Å². The van der Waals surface area contributed by atoms with Gasteiger partial charge in [0.25, 0.3) is 0 Å². The monoisotopic (exact) mass is 247 g/mol. The highest BCUT2D eigenvalue weighted by atomic mass is 32.1. The fourth-order valence-corrected chi connectivity index (χ4v) is 1.58. The first-order chi connectivity index (χ1) is 7.47. The van der Waals surface area contributed by atoms with Gasteiger partial charge in [-0.15, -0.1) is 0 Å². The normalized spacial score (nSPS) is 11.7. The lowest BCUT2D eigenvalue weighted by molar-refractivity contribution is -0.167. The molecule has 1 aromatic heterocycles. The van der Waals surface area contributed by atoms with E-state index in [1.165, 1.54) is 18.2 Å². The largest absolute Gasteiger partial charge is 0.471 e. The van der Waals surface area contributed by atoms with E-state index >= 15 is 0 Å². The average Bonchev–Trinajstić information content (AvgIpc) is 2.63. The second kappa shape index (κ2) is 3.71. The van der Waals surface area contributed by atoms with Crippen molar-refractivity contribution in [1.82, 2.24) is 8.75 Å². The first kappa shape index (κ1) is 10.8. The lowest BCUT2D eigenvalue weighted by atomic mass is 10.2. The van der Waals surface area contributed by atoms with Gasteiger partial charge in [0.05, 0.1) is 11.7 Å². The summed E-state index contributed by atoms with van der Waals surface area (Å²) in [5.41, 5.74) is 1.07. The number of anilines is 1. The summed E-state index contributed by atoms with van der Waals surface area (Å²) in [5.74, 6) is -2.00. The Morgan fingerprint density at radius 3 is 2.62 bits per heavy atom. The van der Waals surface area contributed by atoms with Gasteiger partial charge in [0.2, 0.25) is 0 Å². The highest BCUT2D eigenvalue weighted by Gasteiger charge is 2.38. The van der Waals surface area contributed by atoms with Crippen molar-refractivity contribution in [3.63, 3.8) is 0 Å². The second-order valence-electron chi connectivity index (χ2n) is 2.92. The molecule has 8 heteroatoms. The number of nitrogens with one attached hydrogen (secondary N) is 1. The fraction of sp³-hybridized carbons (Fsp3) is 0.125. The van der Waals surface area contributed by atoms with E-state index in [0.29, 0.717) is 11.0 Å². The molecule has 0 saturated carbocycles. The minimum absolute atomic E-state index is 0.0440. The fourth-order valence-electron chi connectivity index (χ4n) is 1.06. The van der Waals surface area contributed by atoms with Crippen LogP contribution in [-0.4, -0.2) is 20.8 Å². The lowest BCUT2D eigenvalue weighted by Crippen LogP contribution is -2.29. The maximum Gasteiger partial charge on any atom is 0.471 e. The van der Waals surface area contributed by atoms with Gasteiger partial charge in [-0.3, -0.25) is 4.79 Å². The molecule has 2 aromatic rings. The minimum Gasteiger partial charge on any atom is -0.318 e. The molecule has 0 spiro atoms. The summed E-state index contributed by atoms with van der Waals surface area (Å²) in [4.78, 5) is 10.6. The number of benzene rings is 1. The van der Waals surface area contributed by atoms with Crippen molar-refractivity contribution < 1.29 is 18.0 Å². The number of carbonyl (C=O) groups excluding carboxylic acids is 1. The zero-order valence-corrected chi connectivity index (χ0v) is 8.39. The summed E-state index contributed by atoms with van der Waals surface area (Å²) in [7, 11) is 0. The second-order valence-corrected chi connectivity index (χ2v) is 3.45. The number of hydrogen-bond acceptors (Lipinski definition) is 4. The maximum atomic E-state index is 12.0. The molecule has 1 heterocycles. The van der Waals surface area contributed by atoms with Crippen molar-refractivity contribution in [3.05, 3.63) is 18.2 Å². The summed E-state index contributed by atoms with van der Waals surface area (Å²) in [5, 5.41) is 1.74. The Hall–Kier alpha value is -1.70. The van der Waals surface area contributed by atoms with Crippen molar-refractivity contribution in [3.8, 4) is 0 Å². The number of carbonyl (C=O) groups is 1. The number of fused-ring (bicyclic) bond motifs is 1. The van der Waals surface area contributed by atoms with E-state index in [1.807, 2.05) is 0 Å². The van der Waals surface area contributed by atoms with Crippen LogP contribution in [0.5, 0.6) is 0 Å². The van der Waals surface area contributed by atoms with Crippen molar-refractivity contribution in [2.75, 3.05) is 5.32 Å². The van der Waals surface area contributed by atoms with Gasteiger partial charge in [0, 0.05) is 5.69 Å². The Kier molecular flexibility index (Phi) is 2.50. The predicted molar refractivity (Wildman–Crippen MR) is 52.1 cm³/mol. The number of nitrogens with zero attached hydrogens (tertiary/aromatic N) is 2. The molecule has 0 unspecified atom stereocenters. The molecule has 0 saturated heterocycles. The van der Waals surface area contributed by atoms with Crippen LogP contribution in [0.1, 0.15) is 0 Å². The van der Waals surface area contributed by atoms with Crippen LogP contribution in [0.4, 0.5) is 18.9 Å². The van der Waals surface area contributed by atoms with Crippen LogP contribution in [0, 0.1) is 0 Å². The highest BCUT2D eigenvalue weighted by molar-refractivity contribution is 7.00. The molecule has 0 bridgehead atoms. The number of alkyl halides is 3. The van der Waals surface area contributed by atoms with Crippen LogP contribution >= 0.6 is 11.7 Å². The van der Waals surface area contributed by atoms with E-state index in [4.69, 9.17) is 0 Å². The number of halogens is 3. The van der Waals surface area contributed by atoms with Crippen molar-refractivity contribution in [2.24, 2.45) is 0 Å². The molecule has 0 aliphatic carbocycles. The Morgan fingerprint density at radius 1 is 1.25 bits per heavy atom. The van der Waals surface area contributed by atoms with Crippen LogP contribution < -0.4 is 5.32 Å². The minimum atomic E-state index is -4.89. The molecule has 1 aromatic carbocycles. The average molecular weight is 247 g/mol. The zero-order valence-electron chi connectivity index (χ0n) is 7.58. The summed E-state index contributed by atoms with van der Waals surface area (Å²) in [6, 6.07) is 4.17. The molecular formula is C8H4F3N3OS. The molecule has 0 radical (unpaired) electrons. The molecule has 1 amide bonds. The molecule has 16 heavy (non-hydrogen) atoms. The van der Waals surface area contributed by atoms with Crippen molar-refractivity contribution >= 4 is 34.4 Å². The SMILES string of the molecule is O=C(Nc1ccc2nsnc2c1)C(F)(F)F. The summed E-state index contributed by atoms with van der Waals surface area (Å²) < 4.78 is 43.6. The highest BCUT2D eigenvalue weighted by Crippen LogP contribution is 2.21. The van der Waals surface area contributed by atoms with Gasteiger partial charge in [-0.2, -0.15) is 21.9 Å². The molecule has 0 fully saturated rings. The van der Waals surface area contributed by atoms with Crippen LogP contribution in [0.2, 0.25) is 0 Å². The van der Waals surface area contributed by atoms with Crippen molar-refractivity contribution in [1.29, 1.82) is 0 Å². The van der Waals surface area contributed by atoms with E-state index in [1.54, 1.807) is 5.32 Å². The summed E-state index contributed by atoms with van der Waals surface area (Å²) in [6.07, 6.45) is -4.89.